The van der Waals surface area contributed by atoms with Crippen LogP contribution in [0.2, 0.25) is 0 Å². The SMILES string of the molecule is CCCCC(C)C(=O)NCc1cc2c(nc1OC)CN(C1CCCC1)C2=O. The molecule has 1 atom stereocenters. The van der Waals surface area contributed by atoms with Crippen molar-refractivity contribution >= 4 is 11.8 Å². The van der Waals surface area contributed by atoms with Gasteiger partial charge in [-0.05, 0) is 25.3 Å². The minimum atomic E-state index is -0.0159. The minimum Gasteiger partial charge on any atom is -0.481 e. The van der Waals surface area contributed by atoms with Crippen molar-refractivity contribution in [3.05, 3.63) is 22.9 Å². The highest BCUT2D eigenvalue weighted by molar-refractivity contribution is 5.98. The van der Waals surface area contributed by atoms with E-state index in [1.54, 1.807) is 7.11 Å². The van der Waals surface area contributed by atoms with E-state index in [1.807, 2.05) is 17.9 Å². The van der Waals surface area contributed by atoms with Crippen LogP contribution in [0.3, 0.4) is 0 Å². The number of nitrogens with zero attached hydrogens (tertiary/aromatic N) is 2. The zero-order valence-electron chi connectivity index (χ0n) is 16.7. The van der Waals surface area contributed by atoms with Crippen LogP contribution < -0.4 is 10.1 Å². The van der Waals surface area contributed by atoms with E-state index in [2.05, 4.69) is 17.2 Å². The normalized spacial score (nSPS) is 17.9. The zero-order valence-corrected chi connectivity index (χ0v) is 16.7. The summed E-state index contributed by atoms with van der Waals surface area (Å²) >= 11 is 0. The lowest BCUT2D eigenvalue weighted by molar-refractivity contribution is -0.124. The van der Waals surface area contributed by atoms with Crippen LogP contribution >= 0.6 is 0 Å². The number of carbonyl (C=O) groups is 2. The molecular formula is C21H31N3O3. The number of amides is 2. The molecule has 1 aromatic rings. The average molecular weight is 373 g/mol. The molecule has 2 heterocycles. The lowest BCUT2D eigenvalue weighted by Crippen LogP contribution is -2.33. The summed E-state index contributed by atoms with van der Waals surface area (Å²) in [6.07, 6.45) is 7.55. The summed E-state index contributed by atoms with van der Waals surface area (Å²) in [6, 6.07) is 2.19. The largest absolute Gasteiger partial charge is 0.481 e. The Morgan fingerprint density at radius 1 is 1.41 bits per heavy atom. The Bertz CT molecular complexity index is 698. The molecule has 1 unspecified atom stereocenters. The summed E-state index contributed by atoms with van der Waals surface area (Å²) < 4.78 is 5.43. The van der Waals surface area contributed by atoms with Crippen molar-refractivity contribution in [1.29, 1.82) is 0 Å². The predicted molar refractivity (Wildman–Crippen MR) is 103 cm³/mol. The second kappa shape index (κ2) is 8.72. The summed E-state index contributed by atoms with van der Waals surface area (Å²) in [4.78, 5) is 31.7. The molecule has 3 rings (SSSR count). The number of hydrogen-bond acceptors (Lipinski definition) is 4. The molecule has 1 N–H and O–H groups in total. The fourth-order valence-corrected chi connectivity index (χ4v) is 4.08. The number of hydrogen-bond donors (Lipinski definition) is 1. The first-order valence-corrected chi connectivity index (χ1v) is 10.2. The number of aromatic nitrogens is 1. The second-order valence-corrected chi connectivity index (χ2v) is 7.78. The van der Waals surface area contributed by atoms with Gasteiger partial charge in [-0.3, -0.25) is 9.59 Å². The smallest absolute Gasteiger partial charge is 0.256 e. The van der Waals surface area contributed by atoms with Gasteiger partial charge in [0.05, 0.1) is 24.9 Å². The van der Waals surface area contributed by atoms with E-state index >= 15 is 0 Å². The van der Waals surface area contributed by atoms with Crippen molar-refractivity contribution in [2.75, 3.05) is 7.11 Å². The highest BCUT2D eigenvalue weighted by Gasteiger charge is 2.35. The van der Waals surface area contributed by atoms with Gasteiger partial charge in [-0.25, -0.2) is 4.98 Å². The number of ether oxygens (including phenoxy) is 1. The lowest BCUT2D eigenvalue weighted by atomic mass is 10.0. The fourth-order valence-electron chi connectivity index (χ4n) is 4.08. The maximum atomic E-state index is 12.9. The molecule has 27 heavy (non-hydrogen) atoms. The van der Waals surface area contributed by atoms with E-state index in [9.17, 15) is 9.59 Å². The van der Waals surface area contributed by atoms with E-state index in [-0.39, 0.29) is 17.7 Å². The van der Waals surface area contributed by atoms with Crippen LogP contribution in [0.1, 0.15) is 80.4 Å². The number of fused-ring (bicyclic) bond motifs is 1. The summed E-state index contributed by atoms with van der Waals surface area (Å²) in [6.45, 7) is 4.97. The topological polar surface area (TPSA) is 71.5 Å². The Labute approximate surface area is 161 Å². The standard InChI is InChI=1S/C21H31N3O3/c1-4-5-8-14(2)19(25)22-12-15-11-17-18(23-20(15)27-3)13-24(21(17)26)16-9-6-7-10-16/h11,14,16H,4-10,12-13H2,1-3H3,(H,22,25). The molecule has 2 aliphatic rings. The van der Waals surface area contributed by atoms with Gasteiger partial charge >= 0.3 is 0 Å². The van der Waals surface area contributed by atoms with Crippen LogP contribution in [-0.4, -0.2) is 34.8 Å². The molecule has 0 radical (unpaired) electrons. The van der Waals surface area contributed by atoms with Crippen molar-refractivity contribution in [3.8, 4) is 5.88 Å². The molecule has 1 saturated carbocycles. The molecule has 1 aliphatic heterocycles. The first-order valence-electron chi connectivity index (χ1n) is 10.2. The van der Waals surface area contributed by atoms with Crippen LogP contribution in [0.25, 0.3) is 0 Å². The monoisotopic (exact) mass is 373 g/mol. The third-order valence-electron chi connectivity index (χ3n) is 5.80. The highest BCUT2D eigenvalue weighted by atomic mass is 16.5. The molecular weight excluding hydrogens is 342 g/mol. The van der Waals surface area contributed by atoms with Crippen molar-refractivity contribution in [3.63, 3.8) is 0 Å². The molecule has 6 nitrogen and oxygen atoms in total. The Morgan fingerprint density at radius 2 is 2.15 bits per heavy atom. The maximum absolute atomic E-state index is 12.9. The summed E-state index contributed by atoms with van der Waals surface area (Å²) in [5, 5.41) is 2.97. The van der Waals surface area contributed by atoms with E-state index in [4.69, 9.17) is 4.74 Å². The lowest BCUT2D eigenvalue weighted by Gasteiger charge is -2.22. The number of carbonyl (C=O) groups excluding carboxylic acids is 2. The van der Waals surface area contributed by atoms with Crippen LogP contribution in [0, 0.1) is 5.92 Å². The molecule has 0 spiro atoms. The number of nitrogens with one attached hydrogen (secondary N) is 1. The molecule has 2 amide bonds. The van der Waals surface area contributed by atoms with Gasteiger partial charge in [0.15, 0.2) is 0 Å². The number of pyridine rings is 1. The highest BCUT2D eigenvalue weighted by Crippen LogP contribution is 2.33. The molecule has 1 fully saturated rings. The van der Waals surface area contributed by atoms with Gasteiger partial charge in [-0.2, -0.15) is 0 Å². The van der Waals surface area contributed by atoms with Crippen LogP contribution in [-0.2, 0) is 17.9 Å². The van der Waals surface area contributed by atoms with Gasteiger partial charge in [0.2, 0.25) is 11.8 Å². The molecule has 0 saturated heterocycles. The molecule has 1 aliphatic carbocycles. The molecule has 0 bridgehead atoms. The average Bonchev–Trinajstić information content (AvgIpc) is 3.31. The summed E-state index contributed by atoms with van der Waals surface area (Å²) in [7, 11) is 1.58. The van der Waals surface area contributed by atoms with Gasteiger partial charge in [-0.1, -0.05) is 39.5 Å². The van der Waals surface area contributed by atoms with E-state index in [1.165, 1.54) is 12.8 Å². The molecule has 148 valence electrons. The van der Waals surface area contributed by atoms with Crippen LogP contribution in [0.4, 0.5) is 0 Å². The first-order chi connectivity index (χ1) is 13.0. The second-order valence-electron chi connectivity index (χ2n) is 7.78. The number of rotatable bonds is 8. The molecule has 6 heteroatoms. The Kier molecular flexibility index (Phi) is 6.34. The van der Waals surface area contributed by atoms with Gasteiger partial charge in [0.25, 0.3) is 5.91 Å². The van der Waals surface area contributed by atoms with Gasteiger partial charge in [-0.15, -0.1) is 0 Å². The minimum absolute atomic E-state index is 0.0159. The van der Waals surface area contributed by atoms with E-state index in [0.717, 1.165) is 43.4 Å². The van der Waals surface area contributed by atoms with Crippen molar-refractivity contribution < 1.29 is 14.3 Å². The third-order valence-corrected chi connectivity index (χ3v) is 5.80. The van der Waals surface area contributed by atoms with E-state index < -0.39 is 0 Å². The van der Waals surface area contributed by atoms with Gasteiger partial charge in [0.1, 0.15) is 0 Å². The summed E-state index contributed by atoms with van der Waals surface area (Å²) in [5.41, 5.74) is 2.20. The van der Waals surface area contributed by atoms with Crippen molar-refractivity contribution in [1.82, 2.24) is 15.2 Å². The van der Waals surface area contributed by atoms with Gasteiger partial charge < -0.3 is 15.0 Å². The zero-order chi connectivity index (χ0) is 19.4. The van der Waals surface area contributed by atoms with Crippen molar-refractivity contribution in [2.24, 2.45) is 5.92 Å². The Hall–Kier alpha value is -2.11. The fraction of sp³-hybridized carbons (Fsp3) is 0.667. The van der Waals surface area contributed by atoms with Crippen molar-refractivity contribution in [2.45, 2.75) is 77.9 Å². The predicted octanol–water partition coefficient (Wildman–Crippen LogP) is 3.43. The van der Waals surface area contributed by atoms with Crippen LogP contribution in [0.5, 0.6) is 5.88 Å². The molecule has 1 aromatic heterocycles. The Morgan fingerprint density at radius 3 is 2.81 bits per heavy atom. The molecule has 0 aromatic carbocycles. The third kappa shape index (κ3) is 4.25. The first kappa shape index (κ1) is 19.6. The Balaban J connectivity index is 1.70. The number of unbranched alkanes of at least 4 members (excludes halogenated alkanes) is 1. The summed E-state index contributed by atoms with van der Waals surface area (Å²) in [5.74, 6) is 0.579. The van der Waals surface area contributed by atoms with Crippen LogP contribution in [0.15, 0.2) is 6.07 Å². The quantitative estimate of drug-likeness (QED) is 0.758. The van der Waals surface area contributed by atoms with E-state index in [0.29, 0.717) is 30.6 Å². The van der Waals surface area contributed by atoms with Gasteiger partial charge in [0, 0.05) is 24.1 Å². The maximum Gasteiger partial charge on any atom is 0.256 e. The number of methoxy groups -OCH3 is 1.